The van der Waals surface area contributed by atoms with Gasteiger partial charge in [0, 0.05) is 58.2 Å². The van der Waals surface area contributed by atoms with Gasteiger partial charge in [-0.1, -0.05) is 47.7 Å². The second kappa shape index (κ2) is 19.3. The molecule has 0 radical (unpaired) electrons. The van der Waals surface area contributed by atoms with E-state index in [0.29, 0.717) is 30.9 Å². The van der Waals surface area contributed by atoms with Gasteiger partial charge < -0.3 is 29.2 Å². The minimum Gasteiger partial charge on any atom is -0.481 e. The topological polar surface area (TPSA) is 146 Å². The number of ether oxygens (including phenoxy) is 4. The molecule has 3 unspecified atom stereocenters. The first kappa shape index (κ1) is 36.1. The van der Waals surface area contributed by atoms with Crippen molar-refractivity contribution >= 4 is 35.5 Å². The summed E-state index contributed by atoms with van der Waals surface area (Å²) in [6.45, 7) is 5.42. The van der Waals surface area contributed by atoms with E-state index in [9.17, 15) is 9.59 Å². The van der Waals surface area contributed by atoms with Crippen molar-refractivity contribution in [2.75, 3.05) is 20.3 Å². The first-order valence-electron chi connectivity index (χ1n) is 13.0. The van der Waals surface area contributed by atoms with Crippen molar-refractivity contribution in [3.05, 3.63) is 69.7 Å². The van der Waals surface area contributed by atoms with Gasteiger partial charge in [-0.3, -0.25) is 19.2 Å². The Morgan fingerprint density at radius 3 is 2.12 bits per heavy atom. The van der Waals surface area contributed by atoms with Crippen LogP contribution >= 0.6 is 11.6 Å². The highest BCUT2D eigenvalue weighted by atomic mass is 35.5. The van der Waals surface area contributed by atoms with E-state index in [2.05, 4.69) is 11.8 Å². The summed E-state index contributed by atoms with van der Waals surface area (Å²) in [6.07, 6.45) is 0.652. The number of carbonyl (C=O) groups excluding carboxylic acids is 2. The van der Waals surface area contributed by atoms with Crippen molar-refractivity contribution in [3.63, 3.8) is 0 Å². The van der Waals surface area contributed by atoms with Crippen molar-refractivity contribution in [2.24, 2.45) is 0 Å². The van der Waals surface area contributed by atoms with Crippen LogP contribution in [0.15, 0.2) is 42.5 Å². The zero-order chi connectivity index (χ0) is 31.7. The molecule has 3 rings (SSSR count). The Morgan fingerprint density at radius 1 is 0.952 bits per heavy atom. The van der Waals surface area contributed by atoms with Crippen LogP contribution in [0.1, 0.15) is 68.9 Å². The van der Waals surface area contributed by atoms with Crippen LogP contribution in [0.25, 0.3) is 0 Å². The molecular weight excluding hydrogens is 568 g/mol. The number of aliphatic carboxylic acids is 2. The maximum absolute atomic E-state index is 11.5. The molecule has 42 heavy (non-hydrogen) atoms. The molecule has 0 saturated carbocycles. The predicted octanol–water partition coefficient (Wildman–Crippen LogP) is 4.83. The summed E-state index contributed by atoms with van der Waals surface area (Å²) in [5, 5.41) is 15.5. The highest BCUT2D eigenvalue weighted by Crippen LogP contribution is 2.35. The van der Waals surface area contributed by atoms with Crippen LogP contribution in [0.5, 0.6) is 0 Å². The molecule has 2 aromatic carbocycles. The fourth-order valence-electron chi connectivity index (χ4n) is 3.90. The third kappa shape index (κ3) is 15.8. The van der Waals surface area contributed by atoms with Crippen molar-refractivity contribution in [1.29, 1.82) is 0 Å². The predicted molar refractivity (Wildman–Crippen MR) is 155 cm³/mol. The van der Waals surface area contributed by atoms with E-state index in [4.69, 9.17) is 50.4 Å². The van der Waals surface area contributed by atoms with Crippen LogP contribution in [0, 0.1) is 11.8 Å². The molecule has 2 N–H and O–H groups in total. The highest BCUT2D eigenvalue weighted by Gasteiger charge is 2.33. The Bertz CT molecular complexity index is 1230. The van der Waals surface area contributed by atoms with Crippen LogP contribution in [-0.4, -0.2) is 66.6 Å². The lowest BCUT2D eigenvalue weighted by Gasteiger charge is -2.35. The van der Waals surface area contributed by atoms with E-state index < -0.39 is 11.9 Å². The van der Waals surface area contributed by atoms with Gasteiger partial charge >= 0.3 is 11.9 Å². The minimum atomic E-state index is -0.833. The molecule has 0 amide bonds. The molecule has 0 aliphatic carbocycles. The Balaban J connectivity index is 0.000000978. The van der Waals surface area contributed by atoms with E-state index in [1.165, 1.54) is 13.8 Å². The van der Waals surface area contributed by atoms with E-state index in [1.807, 2.05) is 42.5 Å². The van der Waals surface area contributed by atoms with E-state index in [-0.39, 0.29) is 36.9 Å². The largest absolute Gasteiger partial charge is 0.481 e. The van der Waals surface area contributed by atoms with Gasteiger partial charge in [0.15, 0.2) is 0 Å². The monoisotopic (exact) mass is 604 g/mol. The van der Waals surface area contributed by atoms with Crippen molar-refractivity contribution < 1.29 is 48.3 Å². The first-order chi connectivity index (χ1) is 19.8. The number of carboxylic acid groups (broad SMARTS) is 2. The Labute approximate surface area is 250 Å². The molecule has 2 aromatic rings. The number of methoxy groups -OCH3 is 1. The van der Waals surface area contributed by atoms with Gasteiger partial charge in [-0.2, -0.15) is 0 Å². The van der Waals surface area contributed by atoms with Crippen LogP contribution < -0.4 is 0 Å². The number of halogens is 1. The summed E-state index contributed by atoms with van der Waals surface area (Å²) in [5.41, 5.74) is 3.93. The SMILES string of the molecule is CC(=O)O.CC(=O)O.COCC#Cc1ccc(Cc2cc(C3CC(OC(C)=O)CC(COC(C)=O)O3)ccc2Cl)cc1. The Kier molecular flexibility index (Phi) is 16.6. The minimum absolute atomic E-state index is 0.115. The number of hydrogen-bond donors (Lipinski definition) is 2. The van der Waals surface area contributed by atoms with E-state index in [1.54, 1.807) is 7.11 Å². The Morgan fingerprint density at radius 2 is 1.57 bits per heavy atom. The van der Waals surface area contributed by atoms with Crippen molar-refractivity contribution in [1.82, 2.24) is 0 Å². The molecule has 1 fully saturated rings. The number of rotatable bonds is 7. The number of carboxylic acids is 2. The zero-order valence-corrected chi connectivity index (χ0v) is 25.1. The molecule has 0 bridgehead atoms. The molecule has 1 aliphatic rings. The number of carbonyl (C=O) groups is 4. The molecule has 1 saturated heterocycles. The molecule has 10 nitrogen and oxygen atoms in total. The fourth-order valence-corrected chi connectivity index (χ4v) is 4.09. The number of esters is 2. The molecule has 228 valence electrons. The molecular formula is C31H37ClO10. The third-order valence-electron chi connectivity index (χ3n) is 5.40. The maximum atomic E-state index is 11.5. The first-order valence-corrected chi connectivity index (χ1v) is 13.4. The molecule has 1 aliphatic heterocycles. The Hall–Kier alpha value is -3.91. The maximum Gasteiger partial charge on any atom is 0.302 e. The lowest BCUT2D eigenvalue weighted by molar-refractivity contribution is -0.169. The van der Waals surface area contributed by atoms with Gasteiger partial charge in [-0.25, -0.2) is 0 Å². The van der Waals surface area contributed by atoms with Crippen LogP contribution in [0.4, 0.5) is 0 Å². The lowest BCUT2D eigenvalue weighted by atomic mass is 9.93. The van der Waals surface area contributed by atoms with E-state index >= 15 is 0 Å². The fraction of sp³-hybridized carbons (Fsp3) is 0.419. The molecule has 11 heteroatoms. The second-order valence-corrected chi connectivity index (χ2v) is 9.66. The van der Waals surface area contributed by atoms with Gasteiger partial charge in [0.05, 0.1) is 12.2 Å². The number of hydrogen-bond acceptors (Lipinski definition) is 8. The van der Waals surface area contributed by atoms with E-state index in [0.717, 1.165) is 36.1 Å². The van der Waals surface area contributed by atoms with Crippen LogP contribution in [-0.2, 0) is 44.5 Å². The smallest absolute Gasteiger partial charge is 0.302 e. The van der Waals surface area contributed by atoms with Crippen molar-refractivity contribution in [2.45, 2.75) is 65.3 Å². The quantitative estimate of drug-likeness (QED) is 0.333. The second-order valence-electron chi connectivity index (χ2n) is 9.25. The van der Waals surface area contributed by atoms with Crippen LogP contribution in [0.3, 0.4) is 0 Å². The molecule has 1 heterocycles. The summed E-state index contributed by atoms with van der Waals surface area (Å²) in [7, 11) is 1.62. The normalized spacial score (nSPS) is 17.0. The van der Waals surface area contributed by atoms with Crippen LogP contribution in [0.2, 0.25) is 5.02 Å². The summed E-state index contributed by atoms with van der Waals surface area (Å²) in [5.74, 6) is 3.61. The average Bonchev–Trinajstić information content (AvgIpc) is 2.89. The summed E-state index contributed by atoms with van der Waals surface area (Å²) in [4.78, 5) is 40.8. The summed E-state index contributed by atoms with van der Waals surface area (Å²) >= 11 is 6.51. The van der Waals surface area contributed by atoms with Gasteiger partial charge in [0.2, 0.25) is 0 Å². The standard InChI is InChI=1S/C27H29ClO6.2C2H4O2/c1-18(29)32-17-25-15-24(33-19(2)30)16-27(34-25)22-10-11-26(28)23(14-22)13-21-8-6-20(7-9-21)5-4-12-31-3;2*1-2(3)4/h6-11,14,24-25,27H,12-13,15-17H2,1-3H3;2*1H3,(H,3,4). The molecule has 0 spiro atoms. The summed E-state index contributed by atoms with van der Waals surface area (Å²) < 4.78 is 21.8. The van der Waals surface area contributed by atoms with Gasteiger partial charge in [-0.05, 0) is 41.3 Å². The van der Waals surface area contributed by atoms with Crippen molar-refractivity contribution in [3.8, 4) is 11.8 Å². The van der Waals surface area contributed by atoms with Gasteiger partial charge in [-0.15, -0.1) is 0 Å². The molecule has 3 atom stereocenters. The third-order valence-corrected chi connectivity index (χ3v) is 5.77. The average molecular weight is 605 g/mol. The zero-order valence-electron chi connectivity index (χ0n) is 24.3. The summed E-state index contributed by atoms with van der Waals surface area (Å²) in [6, 6.07) is 13.8. The lowest BCUT2D eigenvalue weighted by Crippen LogP contribution is -2.36. The number of benzene rings is 2. The van der Waals surface area contributed by atoms with Gasteiger partial charge in [0.25, 0.3) is 11.9 Å². The van der Waals surface area contributed by atoms with Gasteiger partial charge in [0.1, 0.15) is 19.3 Å². The highest BCUT2D eigenvalue weighted by molar-refractivity contribution is 6.31. The molecule has 0 aromatic heterocycles.